The van der Waals surface area contributed by atoms with Gasteiger partial charge in [-0.1, -0.05) is 97.7 Å². The topological polar surface area (TPSA) is 118 Å². The minimum atomic E-state index is -4.51. The first-order chi connectivity index (χ1) is 41.5. The molecule has 87 heavy (non-hydrogen) atoms. The van der Waals surface area contributed by atoms with Gasteiger partial charge in [-0.2, -0.15) is 13.2 Å². The zero-order chi connectivity index (χ0) is 63.0. The molecule has 17 heteroatoms. The van der Waals surface area contributed by atoms with Crippen molar-refractivity contribution in [3.05, 3.63) is 82.3 Å². The van der Waals surface area contributed by atoms with E-state index in [1.807, 2.05) is 24.7 Å². The summed E-state index contributed by atoms with van der Waals surface area (Å²) in [5.41, 5.74) is 3.41. The van der Waals surface area contributed by atoms with Crippen LogP contribution >= 0.6 is 11.6 Å². The van der Waals surface area contributed by atoms with Crippen molar-refractivity contribution in [1.82, 2.24) is 56.4 Å². The molecule has 11 atom stereocenters. The highest BCUT2D eigenvalue weighted by molar-refractivity contribution is 6.31. The van der Waals surface area contributed by atoms with Crippen molar-refractivity contribution in [1.29, 1.82) is 0 Å². The van der Waals surface area contributed by atoms with Crippen molar-refractivity contribution in [2.75, 3.05) is 66.5 Å². The van der Waals surface area contributed by atoms with Gasteiger partial charge in [-0.05, 0) is 153 Å². The molecule has 0 aromatic heterocycles. The third-order valence-corrected chi connectivity index (χ3v) is 21.2. The molecule has 492 valence electrons. The molecule has 13 nitrogen and oxygen atoms in total. The first-order valence-corrected chi connectivity index (χ1v) is 34.7. The standard InChI is InChI=1S/C70H118ClF3N12O/c1-14-50(6)64-43-79-63(40-48(2)3)52(8)78-44-65-66(68(87)84-36-18-15-19-37-84)55(11)86(65)67(49(4)5)53(9)81-69(30-16-17-31-69)47-76-34-33-75-32-29-58(27-25-57-26-28-61(62(71)42-57)70(72,73)74)77-35-39-82(12)45-60(41-56-22-20-23-56)83(13)46-59-24-21-38-85(59)54(10)51(7)80-64/h26,28-29,32,35,39,42,45-46,48-56,63-67,76-81H,14-25,27,30-31,33-34,36-38,40-41,43-44,47H2,1-13H3/t50-,51?,52?,53?,54-,55?,63-,64+,65?,66-,67-/m0/s1. The third kappa shape index (κ3) is 19.9. The number of rotatable bonds is 11. The Morgan fingerprint density at radius 3 is 2.24 bits per heavy atom. The van der Waals surface area contributed by atoms with E-state index in [1.54, 1.807) is 0 Å². The highest BCUT2D eigenvalue weighted by atomic mass is 35.5. The number of nitrogens with zero attached hydrogens (tertiary/aromatic N) is 6. The van der Waals surface area contributed by atoms with Gasteiger partial charge in [-0.25, -0.2) is 0 Å². The Bertz CT molecular complexity index is 2430. The van der Waals surface area contributed by atoms with Crippen molar-refractivity contribution in [2.45, 2.75) is 251 Å². The van der Waals surface area contributed by atoms with Gasteiger partial charge in [0.1, 0.15) is 0 Å². The number of likely N-dealkylation sites (tertiary alicyclic amines) is 1. The maximum Gasteiger partial charge on any atom is 0.417 e. The average molecular weight is 1240 g/mol. The van der Waals surface area contributed by atoms with Crippen molar-refractivity contribution < 1.29 is 18.0 Å². The molecular weight excluding hydrogens is 1120 g/mol. The van der Waals surface area contributed by atoms with Gasteiger partial charge in [0, 0.05) is 168 Å². The smallest absolute Gasteiger partial charge is 0.369 e. The highest BCUT2D eigenvalue weighted by Gasteiger charge is 2.55. The summed E-state index contributed by atoms with van der Waals surface area (Å²) in [6.07, 6.45) is 26.1. The minimum absolute atomic E-state index is 0.0474. The van der Waals surface area contributed by atoms with Crippen LogP contribution in [-0.4, -0.2) is 163 Å². The summed E-state index contributed by atoms with van der Waals surface area (Å²) in [5.74, 6) is 2.33. The number of hydrogen-bond acceptors (Lipinski definition) is 12. The summed E-state index contributed by atoms with van der Waals surface area (Å²) in [7, 11) is 4.29. The van der Waals surface area contributed by atoms with Crippen LogP contribution in [0.1, 0.15) is 190 Å². The van der Waals surface area contributed by atoms with Crippen LogP contribution < -0.4 is 31.9 Å². The first kappa shape index (κ1) is 70.8. The fourth-order valence-corrected chi connectivity index (χ4v) is 15.5. The number of hydrogen-bond donors (Lipinski definition) is 6. The molecule has 2 aliphatic carbocycles. The maximum absolute atomic E-state index is 14.8. The maximum atomic E-state index is 14.8. The van der Waals surface area contributed by atoms with Crippen LogP contribution in [0.4, 0.5) is 13.2 Å². The van der Waals surface area contributed by atoms with Gasteiger partial charge in [0.2, 0.25) is 5.91 Å². The molecule has 3 saturated heterocycles. The van der Waals surface area contributed by atoms with E-state index in [9.17, 15) is 18.0 Å². The number of fused-ring (bicyclic) bond motifs is 2. The number of benzene rings is 1. The minimum Gasteiger partial charge on any atom is -0.369 e. The predicted molar refractivity (Wildman–Crippen MR) is 356 cm³/mol. The summed E-state index contributed by atoms with van der Waals surface area (Å²) in [4.78, 5) is 31.7. The molecule has 0 bridgehead atoms. The van der Waals surface area contributed by atoms with E-state index in [0.717, 1.165) is 121 Å². The van der Waals surface area contributed by atoms with E-state index >= 15 is 0 Å². The van der Waals surface area contributed by atoms with E-state index < -0.39 is 11.7 Å². The van der Waals surface area contributed by atoms with Crippen molar-refractivity contribution in [3.63, 3.8) is 0 Å². The number of halogens is 4. The van der Waals surface area contributed by atoms with Crippen molar-refractivity contribution >= 4 is 23.7 Å². The molecule has 6 N–H and O–H groups in total. The quantitative estimate of drug-likeness (QED) is 0.127. The SMILES string of the molecule is CC[C@H](C)[C@H]1CN[C@@H](CC(C)C)C(C)NCC2[C@@H](C(=O)N3CCCCC3)C(C)N2[C@@H](C(C)C)C(C)NC2(CCCC2)CNCCN=CC=C(CCc2ccc(C(F)(F)F)c(Cl)c2)NC=CN(C)C=C(CC2CCC2)N(C)C=C2CCCN2[C@@H](C)C(C)N1. The van der Waals surface area contributed by atoms with Gasteiger partial charge < -0.3 is 51.5 Å². The second-order valence-corrected chi connectivity index (χ2v) is 28.8. The summed E-state index contributed by atoms with van der Waals surface area (Å²) in [6.45, 7) is 32.7. The van der Waals surface area contributed by atoms with Crippen molar-refractivity contribution in [2.24, 2.45) is 34.6 Å². The summed E-state index contributed by atoms with van der Waals surface area (Å²) in [5, 5.41) is 23.9. The lowest BCUT2D eigenvalue weighted by Crippen LogP contribution is -2.76. The second kappa shape index (κ2) is 33.6. The second-order valence-electron chi connectivity index (χ2n) is 28.4. The van der Waals surface area contributed by atoms with Crippen LogP contribution in [0, 0.1) is 29.6 Å². The van der Waals surface area contributed by atoms with E-state index in [0.29, 0.717) is 49.0 Å². The Hall–Kier alpha value is -3.64. The zero-order valence-electron chi connectivity index (χ0n) is 56.1. The van der Waals surface area contributed by atoms with Crippen LogP contribution in [0.2, 0.25) is 5.02 Å². The Balaban J connectivity index is 1.18. The molecule has 1 aromatic rings. The highest BCUT2D eigenvalue weighted by Crippen LogP contribution is 2.41. The summed E-state index contributed by atoms with van der Waals surface area (Å²) in [6, 6.07) is 5.96. The number of amides is 1. The van der Waals surface area contributed by atoms with Crippen LogP contribution in [0.3, 0.4) is 0 Å². The molecule has 1 spiro atoms. The number of allylic oxidation sites excluding steroid dienone is 4. The van der Waals surface area contributed by atoms with E-state index in [1.165, 1.54) is 62.1 Å². The molecule has 4 aliphatic heterocycles. The largest absolute Gasteiger partial charge is 0.417 e. The monoisotopic (exact) mass is 1230 g/mol. The van der Waals surface area contributed by atoms with Crippen LogP contribution in [-0.2, 0) is 17.4 Å². The summed E-state index contributed by atoms with van der Waals surface area (Å²) < 4.78 is 40.9. The van der Waals surface area contributed by atoms with Gasteiger partial charge in [-0.3, -0.25) is 14.7 Å². The number of piperidine rings is 1. The molecule has 7 rings (SSSR count). The van der Waals surface area contributed by atoms with Gasteiger partial charge in [0.25, 0.3) is 0 Å². The lowest BCUT2D eigenvalue weighted by molar-refractivity contribution is -0.162. The third-order valence-electron chi connectivity index (χ3n) is 20.9. The molecule has 6 aliphatic rings. The Labute approximate surface area is 530 Å². The first-order valence-electron chi connectivity index (χ1n) is 34.4. The lowest BCUT2D eigenvalue weighted by atomic mass is 9.74. The Morgan fingerprint density at radius 1 is 0.851 bits per heavy atom. The molecule has 5 unspecified atom stereocenters. The number of alkyl halides is 3. The molecule has 0 radical (unpaired) electrons. The fourth-order valence-electron chi connectivity index (χ4n) is 15.2. The lowest BCUT2D eigenvalue weighted by Gasteiger charge is -2.60. The average Bonchev–Trinajstić information content (AvgIpc) is 1.29. The normalized spacial score (nSPS) is 30.2. The number of aryl methyl sites for hydroxylation is 1. The fraction of sp³-hybridized carbons (Fsp3) is 0.771. The predicted octanol–water partition coefficient (Wildman–Crippen LogP) is 12.5. The molecule has 5 fully saturated rings. The van der Waals surface area contributed by atoms with E-state index in [-0.39, 0.29) is 70.9 Å². The van der Waals surface area contributed by atoms with Gasteiger partial charge in [0.05, 0.1) is 23.0 Å². The molecule has 1 aromatic carbocycles. The molecular formula is C70H118ClF3N12O. The van der Waals surface area contributed by atoms with Crippen LogP contribution in [0.5, 0.6) is 0 Å². The van der Waals surface area contributed by atoms with E-state index in [4.69, 9.17) is 16.6 Å². The van der Waals surface area contributed by atoms with Gasteiger partial charge in [-0.15, -0.1) is 0 Å². The number of carbonyl (C=O) groups is 1. The van der Waals surface area contributed by atoms with E-state index in [2.05, 4.69) is 159 Å². The molecule has 4 heterocycles. The Morgan fingerprint density at radius 2 is 1.59 bits per heavy atom. The van der Waals surface area contributed by atoms with Gasteiger partial charge in [0.15, 0.2) is 0 Å². The number of carbonyl (C=O) groups excluding carboxylic acids is 1. The summed E-state index contributed by atoms with van der Waals surface area (Å²) >= 11 is 6.19. The Kier molecular flexibility index (Phi) is 27.4. The van der Waals surface area contributed by atoms with Gasteiger partial charge >= 0.3 is 6.18 Å². The number of aliphatic imine (C=N–C) groups is 1. The molecule has 2 saturated carbocycles. The van der Waals surface area contributed by atoms with Crippen LogP contribution in [0.25, 0.3) is 0 Å². The zero-order valence-corrected chi connectivity index (χ0v) is 56.8. The van der Waals surface area contributed by atoms with Crippen LogP contribution in [0.15, 0.2) is 71.2 Å². The van der Waals surface area contributed by atoms with Crippen molar-refractivity contribution in [3.8, 4) is 0 Å². The number of nitrogens with one attached hydrogen (secondary N) is 6. The molecule has 1 amide bonds.